The summed E-state index contributed by atoms with van der Waals surface area (Å²) in [4.78, 5) is 22.7. The van der Waals surface area contributed by atoms with Gasteiger partial charge in [-0.25, -0.2) is 0 Å². The van der Waals surface area contributed by atoms with Crippen LogP contribution in [0, 0.1) is 0 Å². The van der Waals surface area contributed by atoms with E-state index >= 15 is 0 Å². The monoisotopic (exact) mass is 273 g/mol. The third kappa shape index (κ3) is 3.68. The summed E-state index contributed by atoms with van der Waals surface area (Å²) < 4.78 is 6.25. The standard InChI is InChI=1S/C14H15N3O3/c1-20-13(18)9-15-14(19)12-5-3-11(4-6-12)10-17-8-2-7-16-17/h2-8H,9-10H2,1H3,(H,15,19). The van der Waals surface area contributed by atoms with Crippen LogP contribution in [0.2, 0.25) is 0 Å². The highest BCUT2D eigenvalue weighted by molar-refractivity contribution is 5.95. The van der Waals surface area contributed by atoms with Crippen LogP contribution in [0.5, 0.6) is 0 Å². The maximum Gasteiger partial charge on any atom is 0.325 e. The normalized spacial score (nSPS) is 10.1. The molecule has 0 atom stereocenters. The number of rotatable bonds is 5. The highest BCUT2D eigenvalue weighted by Gasteiger charge is 2.07. The maximum absolute atomic E-state index is 11.8. The van der Waals surface area contributed by atoms with Crippen molar-refractivity contribution in [3.8, 4) is 0 Å². The van der Waals surface area contributed by atoms with E-state index in [-0.39, 0.29) is 12.5 Å². The number of esters is 1. The molecule has 0 aliphatic heterocycles. The Kier molecular flexibility index (Phi) is 4.49. The van der Waals surface area contributed by atoms with E-state index in [1.165, 1.54) is 7.11 Å². The number of nitrogens with zero attached hydrogens (tertiary/aromatic N) is 2. The SMILES string of the molecule is COC(=O)CNC(=O)c1ccc(Cn2cccn2)cc1. The fourth-order valence-electron chi connectivity index (χ4n) is 1.67. The lowest BCUT2D eigenvalue weighted by Gasteiger charge is -2.05. The second-order valence-electron chi connectivity index (χ2n) is 4.16. The molecular weight excluding hydrogens is 258 g/mol. The summed E-state index contributed by atoms with van der Waals surface area (Å²) in [5.41, 5.74) is 1.54. The number of carbonyl (C=O) groups is 2. The van der Waals surface area contributed by atoms with Crippen LogP contribution in [0.1, 0.15) is 15.9 Å². The summed E-state index contributed by atoms with van der Waals surface area (Å²) in [7, 11) is 1.28. The molecule has 0 saturated carbocycles. The first-order valence-corrected chi connectivity index (χ1v) is 6.10. The molecule has 0 bridgehead atoms. The van der Waals surface area contributed by atoms with Crippen molar-refractivity contribution < 1.29 is 14.3 Å². The summed E-state index contributed by atoms with van der Waals surface area (Å²) in [5.74, 6) is -0.783. The maximum atomic E-state index is 11.8. The van der Waals surface area contributed by atoms with E-state index in [0.717, 1.165) is 5.56 Å². The van der Waals surface area contributed by atoms with E-state index in [4.69, 9.17) is 0 Å². The third-order valence-corrected chi connectivity index (χ3v) is 2.74. The van der Waals surface area contributed by atoms with E-state index < -0.39 is 5.97 Å². The number of hydrogen-bond acceptors (Lipinski definition) is 4. The molecule has 1 amide bonds. The van der Waals surface area contributed by atoms with Crippen molar-refractivity contribution in [2.45, 2.75) is 6.54 Å². The van der Waals surface area contributed by atoms with Crippen LogP contribution in [0.3, 0.4) is 0 Å². The molecule has 6 nitrogen and oxygen atoms in total. The fourth-order valence-corrected chi connectivity index (χ4v) is 1.67. The van der Waals surface area contributed by atoms with Gasteiger partial charge in [0, 0.05) is 18.0 Å². The molecule has 2 aromatic rings. The van der Waals surface area contributed by atoms with Crippen LogP contribution < -0.4 is 5.32 Å². The molecule has 0 spiro atoms. The van der Waals surface area contributed by atoms with E-state index in [0.29, 0.717) is 12.1 Å². The minimum Gasteiger partial charge on any atom is -0.468 e. The molecule has 6 heteroatoms. The summed E-state index contributed by atoms with van der Waals surface area (Å²) in [6, 6.07) is 9.00. The van der Waals surface area contributed by atoms with Gasteiger partial charge in [0.2, 0.25) is 0 Å². The quantitative estimate of drug-likeness (QED) is 0.819. The Hall–Kier alpha value is -2.63. The molecule has 0 saturated heterocycles. The van der Waals surface area contributed by atoms with Gasteiger partial charge in [-0.3, -0.25) is 14.3 Å². The number of benzene rings is 1. The van der Waals surface area contributed by atoms with Gasteiger partial charge in [-0.2, -0.15) is 5.10 Å². The molecule has 0 aliphatic rings. The number of nitrogens with one attached hydrogen (secondary N) is 1. The molecule has 0 unspecified atom stereocenters. The van der Waals surface area contributed by atoms with E-state index in [9.17, 15) is 9.59 Å². The van der Waals surface area contributed by atoms with Gasteiger partial charge in [0.15, 0.2) is 0 Å². The highest BCUT2D eigenvalue weighted by Crippen LogP contribution is 2.06. The molecule has 2 rings (SSSR count). The lowest BCUT2D eigenvalue weighted by Crippen LogP contribution is -2.30. The van der Waals surface area contributed by atoms with Crippen molar-refractivity contribution in [3.63, 3.8) is 0 Å². The van der Waals surface area contributed by atoms with Gasteiger partial charge in [-0.15, -0.1) is 0 Å². The van der Waals surface area contributed by atoms with Crippen molar-refractivity contribution in [3.05, 3.63) is 53.9 Å². The van der Waals surface area contributed by atoms with Crippen LogP contribution in [0.25, 0.3) is 0 Å². The summed E-state index contributed by atoms with van der Waals surface area (Å²) in [6.45, 7) is 0.515. The first-order chi connectivity index (χ1) is 9.69. The zero-order chi connectivity index (χ0) is 14.4. The Morgan fingerprint density at radius 2 is 2.05 bits per heavy atom. The Morgan fingerprint density at radius 3 is 2.65 bits per heavy atom. The Bertz CT molecular complexity index is 576. The predicted molar refractivity (Wildman–Crippen MR) is 72.1 cm³/mol. The zero-order valence-corrected chi connectivity index (χ0v) is 11.1. The minimum absolute atomic E-state index is 0.135. The van der Waals surface area contributed by atoms with Gasteiger partial charge in [0.1, 0.15) is 6.54 Å². The number of amides is 1. The number of aromatic nitrogens is 2. The molecule has 1 N–H and O–H groups in total. The second kappa shape index (κ2) is 6.51. The van der Waals surface area contributed by atoms with Gasteiger partial charge in [-0.05, 0) is 23.8 Å². The predicted octanol–water partition coefficient (Wildman–Crippen LogP) is 0.834. The number of hydrogen-bond donors (Lipinski definition) is 1. The van der Waals surface area contributed by atoms with Crippen molar-refractivity contribution in [1.29, 1.82) is 0 Å². The Morgan fingerprint density at radius 1 is 1.30 bits per heavy atom. The van der Waals surface area contributed by atoms with Crippen molar-refractivity contribution in [1.82, 2.24) is 15.1 Å². The van der Waals surface area contributed by atoms with Crippen molar-refractivity contribution >= 4 is 11.9 Å². The summed E-state index contributed by atoms with van der Waals surface area (Å²) in [6.07, 6.45) is 3.59. The first-order valence-electron chi connectivity index (χ1n) is 6.10. The van der Waals surface area contributed by atoms with Crippen LogP contribution in [-0.4, -0.2) is 35.3 Å². The topological polar surface area (TPSA) is 73.2 Å². The van der Waals surface area contributed by atoms with Crippen LogP contribution in [0.15, 0.2) is 42.7 Å². The molecule has 1 aromatic carbocycles. The van der Waals surface area contributed by atoms with E-state index in [1.807, 2.05) is 24.4 Å². The zero-order valence-electron chi connectivity index (χ0n) is 11.1. The van der Waals surface area contributed by atoms with E-state index in [1.54, 1.807) is 23.0 Å². The number of methoxy groups -OCH3 is 1. The molecule has 0 aliphatic carbocycles. The number of ether oxygens (including phenoxy) is 1. The van der Waals surface area contributed by atoms with Crippen LogP contribution in [0.4, 0.5) is 0 Å². The van der Waals surface area contributed by atoms with Crippen molar-refractivity contribution in [2.24, 2.45) is 0 Å². The molecule has 1 aromatic heterocycles. The van der Waals surface area contributed by atoms with Crippen LogP contribution >= 0.6 is 0 Å². The Labute approximate surface area is 116 Å². The summed E-state index contributed by atoms with van der Waals surface area (Å²) >= 11 is 0. The number of carbonyl (C=O) groups excluding carboxylic acids is 2. The summed E-state index contributed by atoms with van der Waals surface area (Å²) in [5, 5.41) is 6.60. The Balaban J connectivity index is 1.93. The molecule has 0 radical (unpaired) electrons. The van der Waals surface area contributed by atoms with Gasteiger partial charge in [-0.1, -0.05) is 12.1 Å². The third-order valence-electron chi connectivity index (χ3n) is 2.74. The van der Waals surface area contributed by atoms with Gasteiger partial charge < -0.3 is 10.1 Å². The van der Waals surface area contributed by atoms with E-state index in [2.05, 4.69) is 15.2 Å². The van der Waals surface area contributed by atoms with Crippen LogP contribution in [-0.2, 0) is 16.1 Å². The van der Waals surface area contributed by atoms with Gasteiger partial charge >= 0.3 is 5.97 Å². The lowest BCUT2D eigenvalue weighted by molar-refractivity contribution is -0.139. The second-order valence-corrected chi connectivity index (χ2v) is 4.16. The smallest absolute Gasteiger partial charge is 0.325 e. The molecule has 0 fully saturated rings. The molecule has 104 valence electrons. The van der Waals surface area contributed by atoms with Gasteiger partial charge in [0.05, 0.1) is 13.7 Å². The van der Waals surface area contributed by atoms with Gasteiger partial charge in [0.25, 0.3) is 5.91 Å². The minimum atomic E-state index is -0.478. The molecule has 20 heavy (non-hydrogen) atoms. The molecule has 1 heterocycles. The van der Waals surface area contributed by atoms with Crippen molar-refractivity contribution in [2.75, 3.05) is 13.7 Å². The molecular formula is C14H15N3O3. The fraction of sp³-hybridized carbons (Fsp3) is 0.214. The first kappa shape index (κ1) is 13.8. The average Bonchev–Trinajstić information content (AvgIpc) is 2.98. The average molecular weight is 273 g/mol. The largest absolute Gasteiger partial charge is 0.468 e. The highest BCUT2D eigenvalue weighted by atomic mass is 16.5. The lowest BCUT2D eigenvalue weighted by atomic mass is 10.1.